The number of amides is 2. The number of hydrogen-bond donors (Lipinski definition) is 1. The van der Waals surface area contributed by atoms with Gasteiger partial charge in [-0.25, -0.2) is 14.8 Å². The Kier molecular flexibility index (Phi) is 8.44. The molecule has 11 heteroatoms. The fourth-order valence-electron chi connectivity index (χ4n) is 3.95. The van der Waals surface area contributed by atoms with E-state index < -0.39 is 6.09 Å². The Balaban J connectivity index is 1.50. The normalized spacial score (nSPS) is 14.4. The van der Waals surface area contributed by atoms with Crippen molar-refractivity contribution in [2.75, 3.05) is 49.8 Å². The average molecular weight is 528 g/mol. The van der Waals surface area contributed by atoms with E-state index in [0.29, 0.717) is 49.2 Å². The molecule has 0 bridgehead atoms. The van der Waals surface area contributed by atoms with E-state index >= 15 is 0 Å². The first-order valence-corrected chi connectivity index (χ1v) is 13.6. The molecule has 190 valence electrons. The van der Waals surface area contributed by atoms with Gasteiger partial charge in [-0.2, -0.15) is 0 Å². The Hall–Kier alpha value is -3.15. The highest BCUT2D eigenvalue weighted by molar-refractivity contribution is 7.98. The Labute approximate surface area is 218 Å². The van der Waals surface area contributed by atoms with E-state index in [1.165, 1.54) is 16.7 Å². The lowest BCUT2D eigenvalue weighted by Crippen LogP contribution is -2.33. The quantitative estimate of drug-likeness (QED) is 0.318. The lowest BCUT2D eigenvalue weighted by atomic mass is 10.1. The second-order valence-corrected chi connectivity index (χ2v) is 10.2. The zero-order chi connectivity index (χ0) is 25.7. The number of fused-ring (bicyclic) bond motifs is 1. The Morgan fingerprint density at radius 1 is 1.31 bits per heavy atom. The number of carbonyl (C=O) groups excluding carboxylic acids is 1. The van der Waals surface area contributed by atoms with Gasteiger partial charge in [-0.05, 0) is 41.8 Å². The Morgan fingerprint density at radius 3 is 2.86 bits per heavy atom. The van der Waals surface area contributed by atoms with Crippen LogP contribution < -0.4 is 9.80 Å². The third-order valence-corrected chi connectivity index (χ3v) is 7.54. The van der Waals surface area contributed by atoms with Gasteiger partial charge in [-0.1, -0.05) is 30.0 Å². The van der Waals surface area contributed by atoms with Crippen LogP contribution in [-0.2, 0) is 11.3 Å². The number of benzene rings is 1. The van der Waals surface area contributed by atoms with Crippen molar-refractivity contribution in [1.82, 2.24) is 14.9 Å². The summed E-state index contributed by atoms with van der Waals surface area (Å²) >= 11 is 3.03. The van der Waals surface area contributed by atoms with E-state index in [-0.39, 0.29) is 12.0 Å². The molecule has 0 radical (unpaired) electrons. The predicted molar refractivity (Wildman–Crippen MR) is 142 cm³/mol. The van der Waals surface area contributed by atoms with Gasteiger partial charge in [-0.15, -0.1) is 11.3 Å². The number of thiophene rings is 1. The number of anilines is 2. The first-order valence-electron chi connectivity index (χ1n) is 11.5. The van der Waals surface area contributed by atoms with Gasteiger partial charge >= 0.3 is 6.09 Å². The van der Waals surface area contributed by atoms with Crippen LogP contribution in [0.4, 0.5) is 16.3 Å². The number of ether oxygens (including phenoxy) is 1. The number of hydrogen-bond acceptors (Lipinski definition) is 8. The number of carboxylic acid groups (broad SMARTS) is 1. The van der Waals surface area contributed by atoms with Gasteiger partial charge < -0.3 is 24.5 Å². The van der Waals surface area contributed by atoms with Crippen molar-refractivity contribution >= 4 is 46.6 Å². The maximum Gasteiger partial charge on any atom is 0.407 e. The fourth-order valence-corrected chi connectivity index (χ4v) is 5.09. The standard InChI is InChI=1S/C25H29N5O4S2/c1-28-11-12-30(23(31)19-15-26-24(35-3)27-22(19)28)18-7-4-6-17(14-18)16-34-20(21-8-5-13-36-21)9-10-29(2)25(32)33/h4-8,13-15,20H,9-12,16H2,1-3H3,(H,32,33)/t20-/m1/s1. The number of aromatic nitrogens is 2. The SMILES string of the molecule is CSc1ncc2c(n1)N(C)CCN(c1cccc(CO[C@H](CCN(C)C(=O)O)c3cccs3)c1)C2=O. The van der Waals surface area contributed by atoms with E-state index in [1.807, 2.05) is 60.0 Å². The summed E-state index contributed by atoms with van der Waals surface area (Å²) in [7, 11) is 3.49. The number of carbonyl (C=O) groups is 2. The molecule has 3 aromatic rings. The molecule has 0 saturated carbocycles. The van der Waals surface area contributed by atoms with Gasteiger partial charge in [-0.3, -0.25) is 4.79 Å². The third-order valence-electron chi connectivity index (χ3n) is 6.01. The summed E-state index contributed by atoms with van der Waals surface area (Å²) in [4.78, 5) is 39.6. The molecular formula is C25H29N5O4S2. The molecule has 2 amide bonds. The molecule has 1 aliphatic rings. The van der Waals surface area contributed by atoms with Gasteiger partial charge in [0.2, 0.25) is 0 Å². The van der Waals surface area contributed by atoms with Crippen LogP contribution in [0.25, 0.3) is 0 Å². The summed E-state index contributed by atoms with van der Waals surface area (Å²) in [5, 5.41) is 11.8. The molecule has 1 N–H and O–H groups in total. The van der Waals surface area contributed by atoms with Crippen molar-refractivity contribution in [2.45, 2.75) is 24.3 Å². The van der Waals surface area contributed by atoms with E-state index in [1.54, 1.807) is 29.5 Å². The minimum atomic E-state index is -0.961. The van der Waals surface area contributed by atoms with Gasteiger partial charge in [0.1, 0.15) is 11.4 Å². The summed E-state index contributed by atoms with van der Waals surface area (Å²) in [6.45, 7) is 1.87. The number of thioether (sulfide) groups is 1. The molecule has 3 heterocycles. The van der Waals surface area contributed by atoms with Gasteiger partial charge in [0.05, 0.1) is 12.7 Å². The van der Waals surface area contributed by atoms with Gasteiger partial charge in [0.15, 0.2) is 5.16 Å². The molecule has 36 heavy (non-hydrogen) atoms. The zero-order valence-corrected chi connectivity index (χ0v) is 22.1. The first-order chi connectivity index (χ1) is 17.4. The van der Waals surface area contributed by atoms with E-state index in [0.717, 1.165) is 16.1 Å². The van der Waals surface area contributed by atoms with Crippen molar-refractivity contribution < 1.29 is 19.4 Å². The van der Waals surface area contributed by atoms with Crippen molar-refractivity contribution in [2.24, 2.45) is 0 Å². The summed E-state index contributed by atoms with van der Waals surface area (Å²) < 4.78 is 6.25. The van der Waals surface area contributed by atoms with Crippen molar-refractivity contribution in [3.63, 3.8) is 0 Å². The van der Waals surface area contributed by atoms with Crippen molar-refractivity contribution in [3.05, 3.63) is 64.0 Å². The van der Waals surface area contributed by atoms with Crippen LogP contribution in [0, 0.1) is 0 Å². The predicted octanol–water partition coefficient (Wildman–Crippen LogP) is 4.61. The molecule has 2 aromatic heterocycles. The van der Waals surface area contributed by atoms with Crippen LogP contribution in [0.3, 0.4) is 0 Å². The first kappa shape index (κ1) is 25.9. The summed E-state index contributed by atoms with van der Waals surface area (Å²) in [5.41, 5.74) is 2.20. The maximum absolute atomic E-state index is 13.4. The fraction of sp³-hybridized carbons (Fsp3) is 0.360. The maximum atomic E-state index is 13.4. The highest BCUT2D eigenvalue weighted by Gasteiger charge is 2.28. The molecule has 0 fully saturated rings. The van der Waals surface area contributed by atoms with E-state index in [2.05, 4.69) is 9.97 Å². The second kappa shape index (κ2) is 11.7. The molecular weight excluding hydrogens is 498 g/mol. The molecule has 1 aliphatic heterocycles. The molecule has 4 rings (SSSR count). The highest BCUT2D eigenvalue weighted by Crippen LogP contribution is 2.30. The van der Waals surface area contributed by atoms with Gasteiger partial charge in [0.25, 0.3) is 5.91 Å². The molecule has 0 spiro atoms. The number of likely N-dealkylation sites (N-methyl/N-ethyl adjacent to an activating group) is 1. The second-order valence-electron chi connectivity index (χ2n) is 8.45. The smallest absolute Gasteiger partial charge is 0.407 e. The van der Waals surface area contributed by atoms with Crippen molar-refractivity contribution in [3.8, 4) is 0 Å². The lowest BCUT2D eigenvalue weighted by Gasteiger charge is -2.23. The monoisotopic (exact) mass is 527 g/mol. The molecule has 9 nitrogen and oxygen atoms in total. The molecule has 0 saturated heterocycles. The summed E-state index contributed by atoms with van der Waals surface area (Å²) in [6.07, 6.45) is 2.89. The van der Waals surface area contributed by atoms with Crippen LogP contribution in [-0.4, -0.2) is 72.0 Å². The van der Waals surface area contributed by atoms with E-state index in [9.17, 15) is 14.7 Å². The minimum Gasteiger partial charge on any atom is -0.465 e. The highest BCUT2D eigenvalue weighted by atomic mass is 32.2. The molecule has 0 aliphatic carbocycles. The lowest BCUT2D eigenvalue weighted by molar-refractivity contribution is 0.0310. The van der Waals surface area contributed by atoms with Crippen LogP contribution in [0.2, 0.25) is 0 Å². The largest absolute Gasteiger partial charge is 0.465 e. The minimum absolute atomic E-state index is 0.131. The van der Waals surface area contributed by atoms with Gasteiger partial charge in [0, 0.05) is 50.5 Å². The van der Waals surface area contributed by atoms with E-state index in [4.69, 9.17) is 4.74 Å². The molecule has 1 aromatic carbocycles. The Bertz CT molecular complexity index is 1210. The molecule has 1 atom stereocenters. The summed E-state index contributed by atoms with van der Waals surface area (Å²) in [6, 6.07) is 11.7. The van der Waals surface area contributed by atoms with Crippen LogP contribution in [0.5, 0.6) is 0 Å². The zero-order valence-electron chi connectivity index (χ0n) is 20.5. The topological polar surface area (TPSA) is 99.1 Å². The Morgan fingerprint density at radius 2 is 2.14 bits per heavy atom. The number of nitrogens with zero attached hydrogens (tertiary/aromatic N) is 5. The van der Waals surface area contributed by atoms with Crippen molar-refractivity contribution in [1.29, 1.82) is 0 Å². The molecule has 0 unspecified atom stereocenters. The average Bonchev–Trinajstić information content (AvgIpc) is 3.39. The number of rotatable bonds is 9. The summed E-state index contributed by atoms with van der Waals surface area (Å²) in [5.74, 6) is 0.514. The van der Waals surface area contributed by atoms with Crippen LogP contribution >= 0.6 is 23.1 Å². The third kappa shape index (κ3) is 5.97. The van der Waals surface area contributed by atoms with Crippen LogP contribution in [0.1, 0.15) is 33.3 Å². The van der Waals surface area contributed by atoms with Crippen LogP contribution in [0.15, 0.2) is 53.1 Å².